The van der Waals surface area contributed by atoms with Gasteiger partial charge in [0.1, 0.15) is 11.2 Å². The minimum atomic E-state index is 0.00298. The molecular weight excluding hydrogens is 450 g/mol. The third-order valence-electron chi connectivity index (χ3n) is 6.99. The van der Waals surface area contributed by atoms with Crippen molar-refractivity contribution in [3.8, 4) is 5.69 Å². The molecule has 0 saturated carbocycles. The Morgan fingerprint density at radius 1 is 0.543 bits per heavy atom. The van der Waals surface area contributed by atoms with E-state index in [1.165, 1.54) is 20.9 Å². The number of benzene rings is 5. The molecule has 0 spiro atoms. The highest BCUT2D eigenvalue weighted by molar-refractivity contribution is 7.25. The smallest absolute Gasteiger partial charge is 0.200 e. The van der Waals surface area contributed by atoms with Crippen molar-refractivity contribution in [1.29, 1.82) is 0 Å². The van der Waals surface area contributed by atoms with Crippen LogP contribution in [0.15, 0.2) is 112 Å². The van der Waals surface area contributed by atoms with Crippen LogP contribution in [0.5, 0.6) is 0 Å². The minimum Gasteiger partial charge on any atom is -0.456 e. The standard InChI is InChI=1S/C31H17NO2S/c33-31-23-15-18(32-25-10-4-1-7-19(25)20-8-2-5-11-26(20)32)13-14-27(23)34-28-16-22-21-9-3-6-12-29(21)35-30(22)17-24(28)31/h1-17H. The van der Waals surface area contributed by atoms with Gasteiger partial charge in [-0.1, -0.05) is 54.6 Å². The van der Waals surface area contributed by atoms with Crippen LogP contribution in [-0.4, -0.2) is 4.57 Å². The molecule has 164 valence electrons. The van der Waals surface area contributed by atoms with Crippen molar-refractivity contribution in [2.75, 3.05) is 0 Å². The molecule has 0 unspecified atom stereocenters. The van der Waals surface area contributed by atoms with Crippen LogP contribution in [0.3, 0.4) is 0 Å². The topological polar surface area (TPSA) is 35.1 Å². The number of hydrogen-bond donors (Lipinski definition) is 0. The molecule has 0 aliphatic rings. The van der Waals surface area contributed by atoms with Gasteiger partial charge in [-0.2, -0.15) is 0 Å². The van der Waals surface area contributed by atoms with E-state index < -0.39 is 0 Å². The van der Waals surface area contributed by atoms with Gasteiger partial charge in [0.2, 0.25) is 5.43 Å². The van der Waals surface area contributed by atoms with Crippen LogP contribution in [0.2, 0.25) is 0 Å². The number of rotatable bonds is 1. The fraction of sp³-hybridized carbons (Fsp3) is 0. The van der Waals surface area contributed by atoms with E-state index >= 15 is 0 Å². The van der Waals surface area contributed by atoms with Crippen LogP contribution < -0.4 is 5.43 Å². The molecule has 35 heavy (non-hydrogen) atoms. The van der Waals surface area contributed by atoms with Gasteiger partial charge >= 0.3 is 0 Å². The van der Waals surface area contributed by atoms with Gasteiger partial charge in [-0.15, -0.1) is 11.3 Å². The summed E-state index contributed by atoms with van der Waals surface area (Å²) in [7, 11) is 0. The van der Waals surface area contributed by atoms with Crippen LogP contribution in [0.1, 0.15) is 0 Å². The lowest BCUT2D eigenvalue weighted by Crippen LogP contribution is -2.03. The van der Waals surface area contributed by atoms with Crippen molar-refractivity contribution in [2.45, 2.75) is 0 Å². The summed E-state index contributed by atoms with van der Waals surface area (Å²) in [5.41, 5.74) is 4.41. The maximum atomic E-state index is 13.7. The molecule has 0 bridgehead atoms. The van der Waals surface area contributed by atoms with Crippen molar-refractivity contribution >= 4 is 75.3 Å². The molecule has 3 aromatic heterocycles. The Hall–Kier alpha value is -4.41. The zero-order valence-corrected chi connectivity index (χ0v) is 19.3. The SMILES string of the molecule is O=c1c2cc(-n3c4ccccc4c4ccccc43)ccc2oc2cc3c(cc12)sc1ccccc13. The molecule has 0 radical (unpaired) electrons. The van der Waals surface area contributed by atoms with Gasteiger partial charge in [0.05, 0.1) is 21.8 Å². The largest absolute Gasteiger partial charge is 0.456 e. The van der Waals surface area contributed by atoms with Gasteiger partial charge in [-0.3, -0.25) is 4.79 Å². The quantitative estimate of drug-likeness (QED) is 0.227. The first kappa shape index (κ1) is 19.0. The molecule has 8 rings (SSSR count). The van der Waals surface area contributed by atoms with Crippen molar-refractivity contribution in [2.24, 2.45) is 0 Å². The first-order chi connectivity index (χ1) is 17.3. The monoisotopic (exact) mass is 467 g/mol. The van der Waals surface area contributed by atoms with E-state index in [0.29, 0.717) is 21.9 Å². The van der Waals surface area contributed by atoms with Gasteiger partial charge in [-0.25, -0.2) is 0 Å². The third-order valence-corrected chi connectivity index (χ3v) is 8.12. The van der Waals surface area contributed by atoms with Crippen LogP contribution in [0.25, 0.3) is 69.6 Å². The Morgan fingerprint density at radius 2 is 1.20 bits per heavy atom. The zero-order valence-electron chi connectivity index (χ0n) is 18.5. The molecule has 0 N–H and O–H groups in total. The Labute approximate surface area is 203 Å². The predicted octanol–water partition coefficient (Wildman–Crippen LogP) is 8.41. The van der Waals surface area contributed by atoms with Gasteiger partial charge in [0, 0.05) is 36.6 Å². The fourth-order valence-corrected chi connectivity index (χ4v) is 6.53. The second-order valence-corrected chi connectivity index (χ2v) is 10.0. The van der Waals surface area contributed by atoms with Crippen LogP contribution >= 0.6 is 11.3 Å². The molecule has 8 aromatic rings. The molecular formula is C31H17NO2S. The summed E-state index contributed by atoms with van der Waals surface area (Å²) in [4.78, 5) is 13.7. The van der Waals surface area contributed by atoms with Crippen LogP contribution in [0.4, 0.5) is 0 Å². The Kier molecular flexibility index (Phi) is 3.69. The summed E-state index contributed by atoms with van der Waals surface area (Å²) < 4.78 is 10.8. The molecule has 3 nitrogen and oxygen atoms in total. The maximum absolute atomic E-state index is 13.7. The van der Waals surface area contributed by atoms with Gasteiger partial charge in [0.15, 0.2) is 0 Å². The van der Waals surface area contributed by atoms with E-state index in [1.807, 2.05) is 42.5 Å². The number of fused-ring (bicyclic) bond motifs is 8. The average molecular weight is 468 g/mol. The molecule has 0 amide bonds. The van der Waals surface area contributed by atoms with Crippen molar-refractivity contribution < 1.29 is 4.42 Å². The third kappa shape index (κ3) is 2.57. The van der Waals surface area contributed by atoms with E-state index in [2.05, 4.69) is 65.2 Å². The molecule has 3 heterocycles. The summed E-state index contributed by atoms with van der Waals surface area (Å²) in [5, 5.41) is 5.93. The molecule has 0 atom stereocenters. The highest BCUT2D eigenvalue weighted by Gasteiger charge is 2.15. The van der Waals surface area contributed by atoms with Crippen LogP contribution in [0, 0.1) is 0 Å². The summed E-state index contributed by atoms with van der Waals surface area (Å²) in [6, 6.07) is 35.1. The number of nitrogens with zero attached hydrogens (tertiary/aromatic N) is 1. The van der Waals surface area contributed by atoms with Crippen molar-refractivity contribution in [1.82, 2.24) is 4.57 Å². The minimum absolute atomic E-state index is 0.00298. The number of hydrogen-bond acceptors (Lipinski definition) is 3. The first-order valence-electron chi connectivity index (χ1n) is 11.6. The molecule has 0 aliphatic heterocycles. The van der Waals surface area contributed by atoms with E-state index in [1.54, 1.807) is 11.3 Å². The van der Waals surface area contributed by atoms with Crippen molar-refractivity contribution in [3.63, 3.8) is 0 Å². The summed E-state index contributed by atoms with van der Waals surface area (Å²) in [6.45, 7) is 0. The van der Waals surface area contributed by atoms with E-state index in [0.717, 1.165) is 26.8 Å². The van der Waals surface area contributed by atoms with Crippen LogP contribution in [-0.2, 0) is 0 Å². The molecule has 4 heteroatoms. The Balaban J connectivity index is 1.44. The second-order valence-electron chi connectivity index (χ2n) is 8.92. The maximum Gasteiger partial charge on any atom is 0.200 e. The lowest BCUT2D eigenvalue weighted by Gasteiger charge is -2.09. The highest BCUT2D eigenvalue weighted by atomic mass is 32.1. The summed E-state index contributed by atoms with van der Waals surface area (Å²) in [6.07, 6.45) is 0. The normalized spacial score (nSPS) is 12.1. The lowest BCUT2D eigenvalue weighted by molar-refractivity contribution is 0.660. The Morgan fingerprint density at radius 3 is 1.97 bits per heavy atom. The van der Waals surface area contributed by atoms with E-state index in [9.17, 15) is 4.79 Å². The Bertz CT molecular complexity index is 2140. The summed E-state index contributed by atoms with van der Waals surface area (Å²) >= 11 is 1.71. The van der Waals surface area contributed by atoms with Gasteiger partial charge < -0.3 is 8.98 Å². The summed E-state index contributed by atoms with van der Waals surface area (Å²) in [5.74, 6) is 0. The predicted molar refractivity (Wildman–Crippen MR) is 147 cm³/mol. The fourth-order valence-electron chi connectivity index (χ4n) is 5.40. The second kappa shape index (κ2) is 6.81. The number of para-hydroxylation sites is 2. The molecule has 5 aromatic carbocycles. The number of thiophene rings is 1. The molecule has 0 saturated heterocycles. The lowest BCUT2D eigenvalue weighted by atomic mass is 10.1. The van der Waals surface area contributed by atoms with Gasteiger partial charge in [0.25, 0.3) is 0 Å². The van der Waals surface area contributed by atoms with E-state index in [4.69, 9.17) is 4.42 Å². The first-order valence-corrected chi connectivity index (χ1v) is 12.4. The number of aromatic nitrogens is 1. The highest BCUT2D eigenvalue weighted by Crippen LogP contribution is 2.37. The van der Waals surface area contributed by atoms with Crippen molar-refractivity contribution in [3.05, 3.63) is 113 Å². The van der Waals surface area contributed by atoms with E-state index in [-0.39, 0.29) is 5.43 Å². The van der Waals surface area contributed by atoms with Gasteiger partial charge in [-0.05, 0) is 48.5 Å². The molecule has 0 fully saturated rings. The average Bonchev–Trinajstić information content (AvgIpc) is 3.43. The zero-order chi connectivity index (χ0) is 23.1. The molecule has 0 aliphatic carbocycles.